The third kappa shape index (κ3) is 5.27. The van der Waals surface area contributed by atoms with Gasteiger partial charge in [0, 0.05) is 10.3 Å². The summed E-state index contributed by atoms with van der Waals surface area (Å²) in [5, 5.41) is 12.8. The maximum atomic E-state index is 13.2. The fraction of sp³-hybridized carbons (Fsp3) is 0.227. The van der Waals surface area contributed by atoms with Crippen LogP contribution in [-0.4, -0.2) is 21.0 Å². The normalized spacial score (nSPS) is 12.6. The number of H-pyrrole nitrogens is 1. The average Bonchev–Trinajstić information content (AvgIpc) is 3.04. The van der Waals surface area contributed by atoms with Gasteiger partial charge in [0.2, 0.25) is 0 Å². The number of benzene rings is 2. The third-order valence-electron chi connectivity index (χ3n) is 4.31. The molecule has 1 aromatic heterocycles. The Morgan fingerprint density at radius 2 is 1.68 bits per heavy atom. The highest BCUT2D eigenvalue weighted by molar-refractivity contribution is 8.00. The Morgan fingerprint density at radius 1 is 1.06 bits per heavy atom. The standard InChI is InChI=1S/C22H19F3N4OS/c1-21(2,3)19-18(20(30)29(28-19)15-7-5-4-6-8-15)17(13-26)27-14-9-11-16(12-10-14)31-22(23,24)25/h4-12,28H,1-3H3. The second kappa shape index (κ2) is 8.47. The molecule has 0 bridgehead atoms. The van der Waals surface area contributed by atoms with Crippen molar-refractivity contribution in [3.8, 4) is 11.8 Å². The van der Waals surface area contributed by atoms with E-state index in [4.69, 9.17) is 0 Å². The lowest BCUT2D eigenvalue weighted by Crippen LogP contribution is -2.22. The van der Waals surface area contributed by atoms with Crippen LogP contribution < -0.4 is 5.56 Å². The zero-order valence-electron chi connectivity index (χ0n) is 17.0. The molecule has 1 N–H and O–H groups in total. The lowest BCUT2D eigenvalue weighted by Gasteiger charge is -2.17. The van der Waals surface area contributed by atoms with Crippen molar-refractivity contribution in [3.05, 3.63) is 76.2 Å². The van der Waals surface area contributed by atoms with Crippen molar-refractivity contribution in [3.63, 3.8) is 0 Å². The van der Waals surface area contributed by atoms with Gasteiger partial charge >= 0.3 is 5.51 Å². The minimum Gasteiger partial charge on any atom is -0.294 e. The van der Waals surface area contributed by atoms with E-state index in [1.165, 1.54) is 28.9 Å². The summed E-state index contributed by atoms with van der Waals surface area (Å²) < 4.78 is 38.9. The van der Waals surface area contributed by atoms with Crippen molar-refractivity contribution in [2.75, 3.05) is 0 Å². The smallest absolute Gasteiger partial charge is 0.294 e. The van der Waals surface area contributed by atoms with Crippen LogP contribution in [0.5, 0.6) is 0 Å². The fourth-order valence-electron chi connectivity index (χ4n) is 2.95. The van der Waals surface area contributed by atoms with Gasteiger partial charge in [0.05, 0.1) is 22.6 Å². The Hall–Kier alpha value is -3.25. The predicted molar refractivity (Wildman–Crippen MR) is 115 cm³/mol. The monoisotopic (exact) mass is 444 g/mol. The van der Waals surface area contributed by atoms with E-state index in [2.05, 4.69) is 10.1 Å². The zero-order chi connectivity index (χ0) is 22.8. The molecule has 0 radical (unpaired) electrons. The summed E-state index contributed by atoms with van der Waals surface area (Å²) in [5.41, 5.74) is -3.89. The van der Waals surface area contributed by atoms with Gasteiger partial charge in [-0.3, -0.25) is 9.89 Å². The van der Waals surface area contributed by atoms with Gasteiger partial charge in [0.25, 0.3) is 5.56 Å². The molecule has 5 nitrogen and oxygen atoms in total. The van der Waals surface area contributed by atoms with E-state index in [0.29, 0.717) is 11.4 Å². The van der Waals surface area contributed by atoms with Gasteiger partial charge in [0.15, 0.2) is 5.71 Å². The second-order valence-electron chi connectivity index (χ2n) is 7.70. The SMILES string of the molecule is CC(C)(C)c1[nH]n(-c2ccccc2)c(=O)c1C(C#N)=Nc1ccc(SC(F)(F)F)cc1. The first-order valence-electron chi connectivity index (χ1n) is 9.25. The van der Waals surface area contributed by atoms with Crippen LogP contribution in [0.25, 0.3) is 5.69 Å². The second-order valence-corrected chi connectivity index (χ2v) is 8.84. The highest BCUT2D eigenvalue weighted by atomic mass is 32.2. The highest BCUT2D eigenvalue weighted by Crippen LogP contribution is 2.37. The molecule has 0 aliphatic heterocycles. The van der Waals surface area contributed by atoms with Crippen molar-refractivity contribution in [1.82, 2.24) is 9.78 Å². The molecule has 160 valence electrons. The number of nitrogens with one attached hydrogen (secondary N) is 1. The van der Waals surface area contributed by atoms with Crippen molar-refractivity contribution < 1.29 is 13.2 Å². The van der Waals surface area contributed by atoms with Gasteiger partial charge < -0.3 is 0 Å². The van der Waals surface area contributed by atoms with E-state index < -0.39 is 16.5 Å². The maximum absolute atomic E-state index is 13.2. The molecule has 0 spiro atoms. The molecule has 0 unspecified atom stereocenters. The summed E-state index contributed by atoms with van der Waals surface area (Å²) in [6.07, 6.45) is 0. The Bertz CT molecular complexity index is 1200. The summed E-state index contributed by atoms with van der Waals surface area (Å²) in [4.78, 5) is 17.5. The number of nitriles is 1. The van der Waals surface area contributed by atoms with Gasteiger partial charge in [-0.2, -0.15) is 18.4 Å². The number of hydrogen-bond acceptors (Lipinski definition) is 4. The maximum Gasteiger partial charge on any atom is 0.446 e. The number of nitrogens with zero attached hydrogens (tertiary/aromatic N) is 3. The molecule has 0 saturated heterocycles. The first kappa shape index (κ1) is 22.4. The van der Waals surface area contributed by atoms with Gasteiger partial charge in [-0.05, 0) is 48.2 Å². The third-order valence-corrected chi connectivity index (χ3v) is 5.05. The summed E-state index contributed by atoms with van der Waals surface area (Å²) >= 11 is -0.232. The van der Waals surface area contributed by atoms with Crippen LogP contribution in [0, 0.1) is 11.3 Å². The van der Waals surface area contributed by atoms with E-state index in [0.717, 1.165) is 0 Å². The van der Waals surface area contributed by atoms with E-state index in [1.807, 2.05) is 32.9 Å². The largest absolute Gasteiger partial charge is 0.446 e. The van der Waals surface area contributed by atoms with Gasteiger partial charge in [-0.25, -0.2) is 9.67 Å². The minimum atomic E-state index is -4.39. The molecule has 9 heteroatoms. The molecule has 0 fully saturated rings. The topological polar surface area (TPSA) is 73.9 Å². The van der Waals surface area contributed by atoms with Crippen molar-refractivity contribution in [1.29, 1.82) is 5.26 Å². The highest BCUT2D eigenvalue weighted by Gasteiger charge is 2.30. The summed E-state index contributed by atoms with van der Waals surface area (Å²) in [5.74, 6) is 0. The molecule has 2 aromatic carbocycles. The number of hydrogen-bond donors (Lipinski definition) is 1. The Balaban J connectivity index is 2.10. The Morgan fingerprint density at radius 3 is 2.19 bits per heavy atom. The number of aromatic amines is 1. The lowest BCUT2D eigenvalue weighted by atomic mass is 9.88. The molecule has 3 aromatic rings. The lowest BCUT2D eigenvalue weighted by molar-refractivity contribution is -0.0328. The molecule has 0 saturated carbocycles. The van der Waals surface area contributed by atoms with Gasteiger partial charge in [0.1, 0.15) is 6.07 Å². The van der Waals surface area contributed by atoms with Crippen LogP contribution in [0.3, 0.4) is 0 Å². The van der Waals surface area contributed by atoms with Gasteiger partial charge in [-0.15, -0.1) is 0 Å². The van der Waals surface area contributed by atoms with Gasteiger partial charge in [-0.1, -0.05) is 39.0 Å². The van der Waals surface area contributed by atoms with Crippen LogP contribution in [0.2, 0.25) is 0 Å². The average molecular weight is 444 g/mol. The van der Waals surface area contributed by atoms with Crippen LogP contribution in [-0.2, 0) is 5.41 Å². The first-order chi connectivity index (χ1) is 14.5. The van der Waals surface area contributed by atoms with Crippen molar-refractivity contribution >= 4 is 23.2 Å². The first-order valence-corrected chi connectivity index (χ1v) is 10.1. The zero-order valence-corrected chi connectivity index (χ0v) is 17.8. The molecule has 0 atom stereocenters. The minimum absolute atomic E-state index is 0.00779. The molecular weight excluding hydrogens is 425 g/mol. The number of para-hydroxylation sites is 1. The van der Waals surface area contributed by atoms with E-state index in [-0.39, 0.29) is 33.6 Å². The van der Waals surface area contributed by atoms with Crippen molar-refractivity contribution in [2.45, 2.75) is 36.6 Å². The quantitative estimate of drug-likeness (QED) is 0.413. The molecule has 0 aliphatic rings. The van der Waals surface area contributed by atoms with Crippen LogP contribution in [0.15, 0.2) is 69.3 Å². The predicted octanol–water partition coefficient (Wildman–Crippen LogP) is 5.72. The van der Waals surface area contributed by atoms with Crippen LogP contribution >= 0.6 is 11.8 Å². The molecule has 3 rings (SSSR count). The molecule has 31 heavy (non-hydrogen) atoms. The number of alkyl halides is 3. The van der Waals surface area contributed by atoms with E-state index in [9.17, 15) is 23.2 Å². The van der Waals surface area contributed by atoms with Crippen LogP contribution in [0.4, 0.5) is 18.9 Å². The fourth-order valence-corrected chi connectivity index (χ4v) is 3.49. The number of aromatic nitrogens is 2. The summed E-state index contributed by atoms with van der Waals surface area (Å²) in [7, 11) is 0. The molecule has 1 heterocycles. The number of halogens is 3. The number of thioether (sulfide) groups is 1. The molecule has 0 amide bonds. The summed E-state index contributed by atoms with van der Waals surface area (Å²) in [6.45, 7) is 5.69. The van der Waals surface area contributed by atoms with Crippen molar-refractivity contribution in [2.24, 2.45) is 4.99 Å². The molecular formula is C22H19F3N4OS. The summed E-state index contributed by atoms with van der Waals surface area (Å²) in [6, 6.07) is 16.2. The number of aliphatic imine (C=N–C) groups is 1. The Labute approximate surface area is 181 Å². The molecule has 0 aliphatic carbocycles. The Kier molecular flexibility index (Phi) is 6.13. The van der Waals surface area contributed by atoms with Crippen LogP contribution in [0.1, 0.15) is 32.0 Å². The van der Waals surface area contributed by atoms with E-state index >= 15 is 0 Å². The number of rotatable bonds is 4. The van der Waals surface area contributed by atoms with E-state index in [1.54, 1.807) is 24.3 Å².